The molecule has 1 N–H and O–H groups in total. The lowest BCUT2D eigenvalue weighted by Gasteiger charge is -2.12. The van der Waals surface area contributed by atoms with Gasteiger partial charge in [0.05, 0.1) is 16.6 Å². The molecule has 2 aromatic carbocycles. The summed E-state index contributed by atoms with van der Waals surface area (Å²) in [7, 11) is 0. The molecule has 3 rings (SSSR count). The molecule has 0 amide bonds. The number of nitro groups is 1. The van der Waals surface area contributed by atoms with Gasteiger partial charge in [0.2, 0.25) is 5.82 Å². The zero-order valence-corrected chi connectivity index (χ0v) is 16.6. The zero-order valence-electron chi connectivity index (χ0n) is 15.7. The van der Waals surface area contributed by atoms with Crippen molar-refractivity contribution in [2.75, 3.05) is 11.6 Å². The molecule has 0 bridgehead atoms. The fraction of sp³-hybridized carbons (Fsp3) is 0.150. The molecular weight excluding hydrogens is 390 g/mol. The fourth-order valence-corrected chi connectivity index (χ4v) is 2.94. The summed E-state index contributed by atoms with van der Waals surface area (Å²) in [6.45, 7) is 2.13. The second kappa shape index (κ2) is 9.03. The van der Waals surface area contributed by atoms with Crippen LogP contribution in [0.5, 0.6) is 11.6 Å². The van der Waals surface area contributed by atoms with Gasteiger partial charge < -0.3 is 10.1 Å². The first-order chi connectivity index (χ1) is 14.0. The van der Waals surface area contributed by atoms with E-state index in [1.54, 1.807) is 31.4 Å². The molecule has 0 aliphatic rings. The molecule has 1 heterocycles. The van der Waals surface area contributed by atoms with Crippen LogP contribution in [0.25, 0.3) is 0 Å². The third-order valence-corrected chi connectivity index (χ3v) is 4.58. The van der Waals surface area contributed by atoms with Gasteiger partial charge >= 0.3 is 11.6 Å². The molecule has 146 valence electrons. The Hall–Kier alpha value is -3.64. The van der Waals surface area contributed by atoms with Crippen molar-refractivity contribution in [1.82, 2.24) is 9.97 Å². The highest BCUT2D eigenvalue weighted by molar-refractivity contribution is 7.98. The van der Waals surface area contributed by atoms with E-state index in [4.69, 9.17) is 10.00 Å². The fourth-order valence-electron chi connectivity index (χ4n) is 2.58. The van der Waals surface area contributed by atoms with Crippen LogP contribution >= 0.6 is 11.8 Å². The van der Waals surface area contributed by atoms with Gasteiger partial charge in [0.25, 0.3) is 0 Å². The number of benzene rings is 2. The highest BCUT2D eigenvalue weighted by Crippen LogP contribution is 2.37. The first-order valence-electron chi connectivity index (χ1n) is 8.58. The number of nitrogens with zero attached hydrogens (tertiary/aromatic N) is 4. The molecule has 8 nitrogen and oxygen atoms in total. The van der Waals surface area contributed by atoms with Crippen LogP contribution in [0.15, 0.2) is 53.7 Å². The van der Waals surface area contributed by atoms with Gasteiger partial charge in [-0.25, -0.2) is 0 Å². The Kier molecular flexibility index (Phi) is 6.26. The summed E-state index contributed by atoms with van der Waals surface area (Å²) in [5, 5.41) is 24.2. The predicted molar refractivity (Wildman–Crippen MR) is 110 cm³/mol. The molecule has 0 unspecified atom stereocenters. The van der Waals surface area contributed by atoms with Gasteiger partial charge in [0, 0.05) is 6.54 Å². The number of thioether (sulfide) groups is 1. The number of rotatable bonds is 7. The lowest BCUT2D eigenvalue weighted by molar-refractivity contribution is -0.385. The first kappa shape index (κ1) is 20.1. The minimum atomic E-state index is -0.566. The molecule has 0 aliphatic carbocycles. The van der Waals surface area contributed by atoms with Crippen LogP contribution in [-0.4, -0.2) is 21.1 Å². The molecule has 1 aromatic heterocycles. The van der Waals surface area contributed by atoms with Crippen molar-refractivity contribution < 1.29 is 9.66 Å². The quantitative estimate of drug-likeness (QED) is 0.260. The van der Waals surface area contributed by atoms with E-state index in [1.807, 2.05) is 30.3 Å². The van der Waals surface area contributed by atoms with Crippen molar-refractivity contribution in [3.05, 3.63) is 75.3 Å². The smallest absolute Gasteiger partial charge is 0.373 e. The maximum absolute atomic E-state index is 11.8. The normalized spacial score (nSPS) is 10.2. The van der Waals surface area contributed by atoms with Gasteiger partial charge in [-0.1, -0.05) is 42.1 Å². The number of hydrogen-bond acceptors (Lipinski definition) is 8. The van der Waals surface area contributed by atoms with E-state index in [0.29, 0.717) is 28.6 Å². The Morgan fingerprint density at radius 2 is 2.00 bits per heavy atom. The number of aromatic nitrogens is 2. The van der Waals surface area contributed by atoms with Crippen LogP contribution in [0.4, 0.5) is 11.5 Å². The lowest BCUT2D eigenvalue weighted by Crippen LogP contribution is -2.08. The average Bonchev–Trinajstić information content (AvgIpc) is 2.72. The number of nitriles is 1. The monoisotopic (exact) mass is 407 g/mol. The van der Waals surface area contributed by atoms with Gasteiger partial charge in [-0.05, 0) is 42.5 Å². The van der Waals surface area contributed by atoms with Gasteiger partial charge in [0.15, 0.2) is 5.16 Å². The molecular formula is C20H17N5O3S. The summed E-state index contributed by atoms with van der Waals surface area (Å²) in [6.07, 6.45) is 1.78. The van der Waals surface area contributed by atoms with Crippen LogP contribution in [0.3, 0.4) is 0 Å². The molecule has 0 aliphatic heterocycles. The van der Waals surface area contributed by atoms with Crippen molar-refractivity contribution in [2.24, 2.45) is 0 Å². The maximum atomic E-state index is 11.8. The van der Waals surface area contributed by atoms with E-state index >= 15 is 0 Å². The third-order valence-electron chi connectivity index (χ3n) is 4.03. The van der Waals surface area contributed by atoms with Crippen molar-refractivity contribution in [3.63, 3.8) is 0 Å². The van der Waals surface area contributed by atoms with Gasteiger partial charge in [-0.15, -0.1) is 0 Å². The molecule has 29 heavy (non-hydrogen) atoms. The number of nitrogens with one attached hydrogen (secondary N) is 1. The average molecular weight is 407 g/mol. The van der Waals surface area contributed by atoms with E-state index in [1.165, 1.54) is 11.8 Å². The molecule has 0 fully saturated rings. The van der Waals surface area contributed by atoms with E-state index < -0.39 is 4.92 Å². The SMILES string of the molecule is CSc1nc(NCc2ccccc2)c([N+](=O)[O-])c(Oc2ccc(C#N)c(C)c2)n1. The number of aryl methyl sites for hydroxylation is 1. The Morgan fingerprint density at radius 3 is 2.62 bits per heavy atom. The van der Waals surface area contributed by atoms with Crippen molar-refractivity contribution in [3.8, 4) is 17.7 Å². The Bertz CT molecular complexity index is 1080. The van der Waals surface area contributed by atoms with Crippen LogP contribution in [0.1, 0.15) is 16.7 Å². The summed E-state index contributed by atoms with van der Waals surface area (Å²) in [4.78, 5) is 19.6. The van der Waals surface area contributed by atoms with E-state index in [0.717, 1.165) is 5.56 Å². The van der Waals surface area contributed by atoms with Crippen molar-refractivity contribution >= 4 is 23.3 Å². The minimum Gasteiger partial charge on any atom is -0.434 e. The topological polar surface area (TPSA) is 114 Å². The Morgan fingerprint density at radius 1 is 1.24 bits per heavy atom. The minimum absolute atomic E-state index is 0.0820. The molecule has 3 aromatic rings. The molecule has 9 heteroatoms. The largest absolute Gasteiger partial charge is 0.434 e. The molecule has 0 radical (unpaired) electrons. The van der Waals surface area contributed by atoms with E-state index in [9.17, 15) is 10.1 Å². The van der Waals surface area contributed by atoms with E-state index in [2.05, 4.69) is 21.4 Å². The van der Waals surface area contributed by atoms with Crippen LogP contribution < -0.4 is 10.1 Å². The summed E-state index contributed by atoms with van der Waals surface area (Å²) < 4.78 is 5.73. The first-order valence-corrected chi connectivity index (χ1v) is 9.81. The number of hydrogen-bond donors (Lipinski definition) is 1. The predicted octanol–water partition coefficient (Wildman–Crippen LogP) is 4.69. The molecule has 0 spiro atoms. The Labute approximate surface area is 171 Å². The standard InChI is InChI=1S/C20H17N5O3S/c1-13-10-16(9-8-15(13)11-21)28-19-17(25(26)27)18(23-20(24-19)29-2)22-12-14-6-4-3-5-7-14/h3-10H,12H2,1-2H3,(H,22,23,24). The van der Waals surface area contributed by atoms with Gasteiger partial charge in [-0.2, -0.15) is 15.2 Å². The highest BCUT2D eigenvalue weighted by Gasteiger charge is 2.27. The zero-order chi connectivity index (χ0) is 20.8. The number of anilines is 1. The molecule has 0 saturated heterocycles. The lowest BCUT2D eigenvalue weighted by atomic mass is 10.1. The van der Waals surface area contributed by atoms with Crippen LogP contribution in [0, 0.1) is 28.4 Å². The van der Waals surface area contributed by atoms with Crippen molar-refractivity contribution in [1.29, 1.82) is 5.26 Å². The van der Waals surface area contributed by atoms with Gasteiger partial charge in [-0.3, -0.25) is 10.1 Å². The molecule has 0 saturated carbocycles. The van der Waals surface area contributed by atoms with Gasteiger partial charge in [0.1, 0.15) is 5.75 Å². The van der Waals surface area contributed by atoms with Crippen LogP contribution in [-0.2, 0) is 6.54 Å². The summed E-state index contributed by atoms with van der Waals surface area (Å²) in [5.74, 6) is 0.275. The Balaban J connectivity index is 1.98. The van der Waals surface area contributed by atoms with Crippen molar-refractivity contribution in [2.45, 2.75) is 18.6 Å². The second-order valence-corrected chi connectivity index (χ2v) is 6.77. The summed E-state index contributed by atoms with van der Waals surface area (Å²) in [5.41, 5.74) is 1.82. The second-order valence-electron chi connectivity index (χ2n) is 6.00. The highest BCUT2D eigenvalue weighted by atomic mass is 32.2. The van der Waals surface area contributed by atoms with Crippen LogP contribution in [0.2, 0.25) is 0 Å². The summed E-state index contributed by atoms with van der Waals surface area (Å²) >= 11 is 1.25. The third kappa shape index (κ3) is 4.80. The molecule has 0 atom stereocenters. The number of ether oxygens (including phenoxy) is 1. The summed E-state index contributed by atoms with van der Waals surface area (Å²) in [6, 6.07) is 16.4. The maximum Gasteiger partial charge on any atom is 0.373 e. The van der Waals surface area contributed by atoms with E-state index in [-0.39, 0.29) is 17.4 Å².